The lowest BCUT2D eigenvalue weighted by atomic mass is 10.1. The van der Waals surface area contributed by atoms with Crippen molar-refractivity contribution in [2.24, 2.45) is 5.14 Å². The Bertz CT molecular complexity index is 964. The van der Waals surface area contributed by atoms with Gasteiger partial charge in [-0.25, -0.2) is 13.6 Å². The smallest absolute Gasteiger partial charge is 0.276 e. The van der Waals surface area contributed by atoms with Crippen LogP contribution in [0.1, 0.15) is 10.5 Å². The molecule has 0 aliphatic rings. The van der Waals surface area contributed by atoms with Gasteiger partial charge in [0.2, 0.25) is 10.0 Å². The average molecular weight is 342 g/mol. The summed E-state index contributed by atoms with van der Waals surface area (Å²) in [6.45, 7) is 0. The van der Waals surface area contributed by atoms with Gasteiger partial charge in [-0.05, 0) is 35.9 Å². The van der Waals surface area contributed by atoms with Crippen molar-refractivity contribution in [3.63, 3.8) is 0 Å². The van der Waals surface area contributed by atoms with E-state index in [4.69, 9.17) is 5.14 Å². The summed E-state index contributed by atoms with van der Waals surface area (Å²) in [4.78, 5) is 12.2. The fourth-order valence-corrected chi connectivity index (χ4v) is 2.64. The van der Waals surface area contributed by atoms with Crippen LogP contribution in [0.15, 0.2) is 65.6 Å². The van der Waals surface area contributed by atoms with Crippen LogP contribution >= 0.6 is 0 Å². The van der Waals surface area contributed by atoms with Crippen LogP contribution in [0.2, 0.25) is 0 Å². The van der Waals surface area contributed by atoms with Crippen molar-refractivity contribution in [1.82, 2.24) is 10.2 Å². The number of benzene rings is 2. The second-order valence-electron chi connectivity index (χ2n) is 5.06. The fraction of sp³-hybridized carbons (Fsp3) is 0. The lowest BCUT2D eigenvalue weighted by molar-refractivity contribution is 0.102. The van der Waals surface area contributed by atoms with Gasteiger partial charge < -0.3 is 5.32 Å². The third-order valence-corrected chi connectivity index (χ3v) is 4.27. The molecule has 24 heavy (non-hydrogen) atoms. The molecule has 0 aliphatic heterocycles. The van der Waals surface area contributed by atoms with E-state index >= 15 is 0 Å². The Kier molecular flexibility index (Phi) is 4.15. The van der Waals surface area contributed by atoms with Gasteiger partial charge in [-0.1, -0.05) is 30.3 Å². The molecule has 0 atom stereocenters. The first-order valence-electron chi connectivity index (χ1n) is 6.98. The van der Waals surface area contributed by atoms with Crippen molar-refractivity contribution >= 4 is 21.6 Å². The van der Waals surface area contributed by atoms with Crippen LogP contribution in [0.25, 0.3) is 11.3 Å². The van der Waals surface area contributed by atoms with Crippen molar-refractivity contribution in [1.29, 1.82) is 0 Å². The van der Waals surface area contributed by atoms with Crippen molar-refractivity contribution in [3.05, 3.63) is 66.4 Å². The number of amides is 1. The number of primary sulfonamides is 1. The van der Waals surface area contributed by atoms with Gasteiger partial charge in [0.25, 0.3) is 5.91 Å². The zero-order valence-corrected chi connectivity index (χ0v) is 13.2. The minimum absolute atomic E-state index is 0.0216. The number of carbonyl (C=O) groups is 1. The number of anilines is 1. The zero-order valence-electron chi connectivity index (χ0n) is 12.4. The summed E-state index contributed by atoms with van der Waals surface area (Å²) in [5, 5.41) is 14.5. The second kappa shape index (κ2) is 6.26. The Balaban J connectivity index is 1.75. The summed E-state index contributed by atoms with van der Waals surface area (Å²) in [7, 11) is -3.76. The molecule has 4 N–H and O–H groups in total. The van der Waals surface area contributed by atoms with E-state index in [1.54, 1.807) is 6.07 Å². The van der Waals surface area contributed by atoms with Gasteiger partial charge in [0, 0.05) is 5.69 Å². The molecule has 0 aliphatic carbocycles. The lowest BCUT2D eigenvalue weighted by Gasteiger charge is -2.04. The molecule has 0 unspecified atom stereocenters. The van der Waals surface area contributed by atoms with E-state index in [9.17, 15) is 13.2 Å². The fourth-order valence-electron chi connectivity index (χ4n) is 2.13. The zero-order chi connectivity index (χ0) is 17.2. The van der Waals surface area contributed by atoms with Crippen LogP contribution in [-0.4, -0.2) is 24.5 Å². The quantitative estimate of drug-likeness (QED) is 0.672. The highest BCUT2D eigenvalue weighted by Crippen LogP contribution is 2.18. The number of hydrogen-bond acceptors (Lipinski definition) is 4. The second-order valence-corrected chi connectivity index (χ2v) is 6.62. The van der Waals surface area contributed by atoms with E-state index < -0.39 is 15.9 Å². The number of hydrogen-bond donors (Lipinski definition) is 3. The highest BCUT2D eigenvalue weighted by atomic mass is 32.2. The maximum absolute atomic E-state index is 12.2. The molecule has 0 bridgehead atoms. The first-order valence-corrected chi connectivity index (χ1v) is 8.53. The Hall–Kier alpha value is -2.97. The Morgan fingerprint density at radius 2 is 1.71 bits per heavy atom. The van der Waals surface area contributed by atoms with Crippen LogP contribution in [0, 0.1) is 0 Å². The SMILES string of the molecule is NS(=O)(=O)c1ccc(NC(=O)c2cc(-c3ccccc3)[nH]n2)cc1. The molecule has 1 aromatic heterocycles. The molecular formula is C16H14N4O3S. The molecule has 1 heterocycles. The molecule has 0 spiro atoms. The molecule has 8 heteroatoms. The van der Waals surface area contributed by atoms with Gasteiger partial charge in [-0.3, -0.25) is 9.89 Å². The number of sulfonamides is 1. The van der Waals surface area contributed by atoms with Crippen LogP contribution in [-0.2, 0) is 10.0 Å². The predicted molar refractivity (Wildman–Crippen MR) is 89.8 cm³/mol. The first-order chi connectivity index (χ1) is 11.4. The van der Waals surface area contributed by atoms with Gasteiger partial charge in [0.05, 0.1) is 10.6 Å². The van der Waals surface area contributed by atoms with Crippen LogP contribution in [0.4, 0.5) is 5.69 Å². The monoisotopic (exact) mass is 342 g/mol. The molecule has 3 aromatic rings. The summed E-state index contributed by atoms with van der Waals surface area (Å²) < 4.78 is 22.4. The average Bonchev–Trinajstić information content (AvgIpc) is 3.05. The topological polar surface area (TPSA) is 118 Å². The Morgan fingerprint density at radius 1 is 1.04 bits per heavy atom. The number of carbonyl (C=O) groups excluding carboxylic acids is 1. The largest absolute Gasteiger partial charge is 0.321 e. The summed E-state index contributed by atoms with van der Waals surface area (Å²) >= 11 is 0. The minimum atomic E-state index is -3.76. The molecule has 7 nitrogen and oxygen atoms in total. The number of aromatic amines is 1. The van der Waals surface area contributed by atoms with E-state index in [2.05, 4.69) is 15.5 Å². The molecular weight excluding hydrogens is 328 g/mol. The van der Waals surface area contributed by atoms with Crippen LogP contribution in [0.5, 0.6) is 0 Å². The number of nitrogens with two attached hydrogens (primary N) is 1. The third kappa shape index (κ3) is 3.50. The summed E-state index contributed by atoms with van der Waals surface area (Å²) in [6.07, 6.45) is 0. The highest BCUT2D eigenvalue weighted by Gasteiger charge is 2.12. The van der Waals surface area contributed by atoms with Crippen molar-refractivity contribution in [2.75, 3.05) is 5.32 Å². The van der Waals surface area contributed by atoms with Crippen molar-refractivity contribution < 1.29 is 13.2 Å². The molecule has 0 saturated heterocycles. The number of nitrogens with zero attached hydrogens (tertiary/aromatic N) is 1. The number of nitrogens with one attached hydrogen (secondary N) is 2. The van der Waals surface area contributed by atoms with Crippen LogP contribution in [0.3, 0.4) is 0 Å². The molecule has 3 rings (SSSR count). The van der Waals surface area contributed by atoms with Gasteiger partial charge in [-0.2, -0.15) is 5.10 Å². The molecule has 122 valence electrons. The summed E-state index contributed by atoms with van der Waals surface area (Å²) in [6, 6.07) is 16.7. The van der Waals surface area contributed by atoms with Gasteiger partial charge in [-0.15, -0.1) is 0 Å². The highest BCUT2D eigenvalue weighted by molar-refractivity contribution is 7.89. The van der Waals surface area contributed by atoms with E-state index in [1.165, 1.54) is 24.3 Å². The molecule has 0 fully saturated rings. The molecule has 0 saturated carbocycles. The Labute approximate surface area is 138 Å². The first kappa shape index (κ1) is 15.9. The maximum atomic E-state index is 12.2. The lowest BCUT2D eigenvalue weighted by Crippen LogP contribution is -2.14. The summed E-state index contributed by atoms with van der Waals surface area (Å²) in [5.41, 5.74) is 2.31. The molecule has 0 radical (unpaired) electrons. The normalized spacial score (nSPS) is 11.2. The number of H-pyrrole nitrogens is 1. The molecule has 1 amide bonds. The number of rotatable bonds is 4. The maximum Gasteiger partial charge on any atom is 0.276 e. The van der Waals surface area contributed by atoms with E-state index in [1.807, 2.05) is 30.3 Å². The van der Waals surface area contributed by atoms with E-state index in [0.717, 1.165) is 11.3 Å². The minimum Gasteiger partial charge on any atom is -0.321 e. The standard InChI is InChI=1S/C16H14N4O3S/c17-24(22,23)13-8-6-12(7-9-13)18-16(21)15-10-14(19-20-15)11-4-2-1-3-5-11/h1-10H,(H,18,21)(H,19,20)(H2,17,22,23). The Morgan fingerprint density at radius 3 is 2.33 bits per heavy atom. The van der Waals surface area contributed by atoms with E-state index in [0.29, 0.717) is 5.69 Å². The van der Waals surface area contributed by atoms with Crippen molar-refractivity contribution in [2.45, 2.75) is 4.90 Å². The third-order valence-electron chi connectivity index (χ3n) is 3.34. The van der Waals surface area contributed by atoms with Gasteiger partial charge in [0.15, 0.2) is 5.69 Å². The van der Waals surface area contributed by atoms with Crippen LogP contribution < -0.4 is 10.5 Å². The number of aromatic nitrogens is 2. The van der Waals surface area contributed by atoms with E-state index in [-0.39, 0.29) is 10.6 Å². The van der Waals surface area contributed by atoms with Gasteiger partial charge in [0.1, 0.15) is 0 Å². The van der Waals surface area contributed by atoms with Gasteiger partial charge >= 0.3 is 0 Å². The summed E-state index contributed by atoms with van der Waals surface area (Å²) in [5.74, 6) is -0.406. The van der Waals surface area contributed by atoms with Crippen molar-refractivity contribution in [3.8, 4) is 11.3 Å². The molecule has 2 aromatic carbocycles. The predicted octanol–water partition coefficient (Wildman–Crippen LogP) is 1.98.